The largest absolute Gasteiger partial charge is 0.390 e. The fourth-order valence-corrected chi connectivity index (χ4v) is 7.29. The molecule has 22 heavy (non-hydrogen) atoms. The topological polar surface area (TPSA) is 37.3 Å². The maximum atomic E-state index is 11.9. The average molecular weight is 304 g/mol. The number of carbonyl (C=O) groups excluding carboxylic acids is 1. The number of rotatable bonds is 0. The standard InChI is InChI=1S/C20H32O2/c1-18-9-6-14(21)12-13(18)4-5-15-16(18)7-10-19(2)17(15)8-11-20(19,3)22/h13,15-17,22H,4-12H2,1-3H3/t13?,15?,16?,17?,18?,19?,20-/m1/s1. The summed E-state index contributed by atoms with van der Waals surface area (Å²) < 4.78 is 0. The molecule has 4 aliphatic rings. The van der Waals surface area contributed by atoms with E-state index in [-0.39, 0.29) is 5.41 Å². The highest BCUT2D eigenvalue weighted by Gasteiger charge is 2.63. The van der Waals surface area contributed by atoms with Crippen LogP contribution in [0, 0.1) is 34.5 Å². The molecule has 7 atom stereocenters. The van der Waals surface area contributed by atoms with Gasteiger partial charge in [-0.1, -0.05) is 13.8 Å². The summed E-state index contributed by atoms with van der Waals surface area (Å²) in [6.45, 7) is 6.94. The van der Waals surface area contributed by atoms with Gasteiger partial charge in [-0.05, 0) is 86.4 Å². The van der Waals surface area contributed by atoms with Gasteiger partial charge < -0.3 is 5.11 Å². The predicted molar refractivity (Wildman–Crippen MR) is 87.4 cm³/mol. The zero-order valence-electron chi connectivity index (χ0n) is 14.5. The number of fused-ring (bicyclic) bond motifs is 5. The third kappa shape index (κ3) is 1.79. The minimum absolute atomic E-state index is 0.127. The number of hydrogen-bond acceptors (Lipinski definition) is 2. The summed E-state index contributed by atoms with van der Waals surface area (Å²) in [7, 11) is 0. The molecule has 1 N–H and O–H groups in total. The van der Waals surface area contributed by atoms with Crippen molar-refractivity contribution in [2.24, 2.45) is 34.5 Å². The fourth-order valence-electron chi connectivity index (χ4n) is 7.29. The van der Waals surface area contributed by atoms with Crippen molar-refractivity contribution in [3.63, 3.8) is 0 Å². The summed E-state index contributed by atoms with van der Waals surface area (Å²) in [4.78, 5) is 11.9. The summed E-state index contributed by atoms with van der Waals surface area (Å²) in [6, 6.07) is 0. The molecule has 0 spiro atoms. The van der Waals surface area contributed by atoms with Crippen molar-refractivity contribution in [3.8, 4) is 0 Å². The summed E-state index contributed by atoms with van der Waals surface area (Å²) in [5.41, 5.74) is 0.0530. The van der Waals surface area contributed by atoms with Crippen LogP contribution in [0.4, 0.5) is 0 Å². The Balaban J connectivity index is 1.65. The summed E-state index contributed by atoms with van der Waals surface area (Å²) in [5, 5.41) is 10.9. The molecule has 0 amide bonds. The summed E-state index contributed by atoms with van der Waals surface area (Å²) in [5.74, 6) is 3.44. The van der Waals surface area contributed by atoms with Crippen LogP contribution in [0.1, 0.15) is 78.6 Å². The van der Waals surface area contributed by atoms with Gasteiger partial charge in [-0.3, -0.25) is 4.79 Å². The van der Waals surface area contributed by atoms with Gasteiger partial charge in [-0.2, -0.15) is 0 Å². The lowest BCUT2D eigenvalue weighted by atomic mass is 9.44. The Hall–Kier alpha value is -0.370. The zero-order valence-corrected chi connectivity index (χ0v) is 14.5. The first-order valence-electron chi connectivity index (χ1n) is 9.52. The molecule has 0 aliphatic heterocycles. The number of Topliss-reactive ketones (excluding diaryl/α,β-unsaturated/α-hetero) is 1. The molecule has 4 aliphatic carbocycles. The van der Waals surface area contributed by atoms with Gasteiger partial charge in [0.2, 0.25) is 0 Å². The molecular formula is C20H32O2. The predicted octanol–water partition coefficient (Wildman–Crippen LogP) is 4.35. The van der Waals surface area contributed by atoms with Crippen molar-refractivity contribution >= 4 is 5.78 Å². The van der Waals surface area contributed by atoms with Crippen LogP contribution >= 0.6 is 0 Å². The summed E-state index contributed by atoms with van der Waals surface area (Å²) >= 11 is 0. The minimum atomic E-state index is -0.469. The van der Waals surface area contributed by atoms with E-state index in [0.29, 0.717) is 23.0 Å². The van der Waals surface area contributed by atoms with Crippen molar-refractivity contribution < 1.29 is 9.90 Å². The second kappa shape index (κ2) is 4.59. The highest BCUT2D eigenvalue weighted by atomic mass is 16.3. The minimum Gasteiger partial charge on any atom is -0.390 e. The van der Waals surface area contributed by atoms with Crippen LogP contribution < -0.4 is 0 Å². The second-order valence-electron chi connectivity index (χ2n) is 9.67. The first-order valence-corrected chi connectivity index (χ1v) is 9.52. The van der Waals surface area contributed by atoms with Gasteiger partial charge in [0.1, 0.15) is 5.78 Å². The molecule has 0 saturated heterocycles. The Kier molecular flexibility index (Phi) is 3.16. The van der Waals surface area contributed by atoms with Crippen LogP contribution in [0.15, 0.2) is 0 Å². The molecular weight excluding hydrogens is 272 g/mol. The number of hydrogen-bond donors (Lipinski definition) is 1. The molecule has 0 aromatic carbocycles. The molecule has 0 bridgehead atoms. The third-order valence-corrected chi connectivity index (χ3v) is 9.04. The first kappa shape index (κ1) is 15.2. The van der Waals surface area contributed by atoms with E-state index in [1.165, 1.54) is 32.1 Å². The molecule has 0 aromatic rings. The maximum absolute atomic E-state index is 11.9. The van der Waals surface area contributed by atoms with E-state index in [9.17, 15) is 9.90 Å². The Labute approximate surface area is 135 Å². The normalized spacial score (nSPS) is 57.9. The second-order valence-corrected chi connectivity index (χ2v) is 9.67. The van der Waals surface area contributed by atoms with E-state index in [1.54, 1.807) is 0 Å². The highest BCUT2D eigenvalue weighted by molar-refractivity contribution is 5.79. The molecule has 4 fully saturated rings. The molecule has 2 heteroatoms. The van der Waals surface area contributed by atoms with Gasteiger partial charge in [-0.15, -0.1) is 0 Å². The molecule has 0 radical (unpaired) electrons. The van der Waals surface area contributed by atoms with E-state index in [4.69, 9.17) is 0 Å². The Bertz CT molecular complexity index is 496. The van der Waals surface area contributed by atoms with Gasteiger partial charge in [0.15, 0.2) is 0 Å². The van der Waals surface area contributed by atoms with Gasteiger partial charge >= 0.3 is 0 Å². The Morgan fingerprint density at radius 2 is 1.68 bits per heavy atom. The lowest BCUT2D eigenvalue weighted by Gasteiger charge is -2.60. The quantitative estimate of drug-likeness (QED) is 0.722. The molecule has 0 aromatic heterocycles. The van der Waals surface area contributed by atoms with Crippen LogP contribution in [0.25, 0.3) is 0 Å². The van der Waals surface area contributed by atoms with E-state index < -0.39 is 5.60 Å². The molecule has 4 rings (SSSR count). The molecule has 0 heterocycles. The van der Waals surface area contributed by atoms with E-state index in [0.717, 1.165) is 37.5 Å². The van der Waals surface area contributed by atoms with Crippen molar-refractivity contribution in [2.75, 3.05) is 0 Å². The SMILES string of the molecule is CC12CCC(=O)CC1CCC1C2CCC2(C)C1CC[C@@]2(C)O. The molecule has 4 saturated carbocycles. The van der Waals surface area contributed by atoms with Gasteiger partial charge in [-0.25, -0.2) is 0 Å². The number of ketones is 1. The Morgan fingerprint density at radius 3 is 2.45 bits per heavy atom. The van der Waals surface area contributed by atoms with E-state index in [1.807, 2.05) is 0 Å². The first-order chi connectivity index (χ1) is 10.3. The lowest BCUT2D eigenvalue weighted by Crippen LogP contribution is -2.55. The van der Waals surface area contributed by atoms with Gasteiger partial charge in [0.05, 0.1) is 5.60 Å². The number of aliphatic hydroxyl groups is 1. The van der Waals surface area contributed by atoms with E-state index >= 15 is 0 Å². The maximum Gasteiger partial charge on any atom is 0.133 e. The van der Waals surface area contributed by atoms with E-state index in [2.05, 4.69) is 20.8 Å². The highest BCUT2D eigenvalue weighted by Crippen LogP contribution is 2.67. The van der Waals surface area contributed by atoms with Crippen molar-refractivity contribution in [3.05, 3.63) is 0 Å². The lowest BCUT2D eigenvalue weighted by molar-refractivity contribution is -0.152. The Morgan fingerprint density at radius 1 is 0.955 bits per heavy atom. The van der Waals surface area contributed by atoms with Gasteiger partial charge in [0.25, 0.3) is 0 Å². The van der Waals surface area contributed by atoms with Crippen molar-refractivity contribution in [1.29, 1.82) is 0 Å². The van der Waals surface area contributed by atoms with Gasteiger partial charge in [0, 0.05) is 12.8 Å². The van der Waals surface area contributed by atoms with Crippen LogP contribution in [-0.4, -0.2) is 16.5 Å². The van der Waals surface area contributed by atoms with Crippen LogP contribution in [-0.2, 0) is 4.79 Å². The van der Waals surface area contributed by atoms with Crippen LogP contribution in [0.2, 0.25) is 0 Å². The fraction of sp³-hybridized carbons (Fsp3) is 0.950. The van der Waals surface area contributed by atoms with Crippen LogP contribution in [0.3, 0.4) is 0 Å². The van der Waals surface area contributed by atoms with Crippen molar-refractivity contribution in [2.45, 2.75) is 84.2 Å². The molecule has 2 nitrogen and oxygen atoms in total. The smallest absolute Gasteiger partial charge is 0.133 e. The van der Waals surface area contributed by atoms with Crippen LogP contribution in [0.5, 0.6) is 0 Å². The zero-order chi connectivity index (χ0) is 15.8. The summed E-state index contributed by atoms with van der Waals surface area (Å²) in [6.07, 6.45) is 9.98. The van der Waals surface area contributed by atoms with Crippen molar-refractivity contribution in [1.82, 2.24) is 0 Å². The average Bonchev–Trinajstić information content (AvgIpc) is 2.70. The molecule has 124 valence electrons. The number of carbonyl (C=O) groups is 1. The third-order valence-electron chi connectivity index (χ3n) is 9.04. The monoisotopic (exact) mass is 304 g/mol. The molecule has 6 unspecified atom stereocenters.